The maximum absolute atomic E-state index is 13.1. The van der Waals surface area contributed by atoms with Crippen LogP contribution in [0.1, 0.15) is 31.4 Å². The van der Waals surface area contributed by atoms with E-state index in [4.69, 9.17) is 9.47 Å². The summed E-state index contributed by atoms with van der Waals surface area (Å²) in [5, 5.41) is 9.19. The molecule has 0 spiro atoms. The third-order valence-electron chi connectivity index (χ3n) is 6.00. The Balaban J connectivity index is 0.00000289. The summed E-state index contributed by atoms with van der Waals surface area (Å²) in [6, 6.07) is 12.4. The fourth-order valence-corrected chi connectivity index (χ4v) is 3.94. The van der Waals surface area contributed by atoms with E-state index in [9.17, 15) is 9.59 Å². The maximum atomic E-state index is 13.1. The van der Waals surface area contributed by atoms with E-state index in [2.05, 4.69) is 28.1 Å². The molecule has 2 aromatic carbocycles. The van der Waals surface area contributed by atoms with Gasteiger partial charge in [0, 0.05) is 18.3 Å². The summed E-state index contributed by atoms with van der Waals surface area (Å²) in [6.07, 6.45) is 1.37. The van der Waals surface area contributed by atoms with Crippen molar-refractivity contribution in [3.05, 3.63) is 53.6 Å². The van der Waals surface area contributed by atoms with Crippen LogP contribution < -0.4 is 25.4 Å². The number of ether oxygens (including phenoxy) is 2. The monoisotopic (exact) mass is 459 g/mol. The first-order valence-corrected chi connectivity index (χ1v) is 10.9. The van der Waals surface area contributed by atoms with Crippen LogP contribution in [0.3, 0.4) is 0 Å². The van der Waals surface area contributed by atoms with Crippen LogP contribution in [0, 0.1) is 5.92 Å². The van der Waals surface area contributed by atoms with Crippen LogP contribution in [-0.4, -0.2) is 37.1 Å². The SMILES string of the molecule is CCC(C)C(NC(=O)C1Cc2ccccc2CN1)C(=O)Nc1ccc2c(c1)OCCO2.Cl. The van der Waals surface area contributed by atoms with Crippen molar-refractivity contribution < 1.29 is 19.1 Å². The van der Waals surface area contributed by atoms with Crippen LogP contribution in [0.15, 0.2) is 42.5 Å². The van der Waals surface area contributed by atoms with E-state index in [0.717, 1.165) is 6.42 Å². The smallest absolute Gasteiger partial charge is 0.247 e. The molecule has 3 atom stereocenters. The summed E-state index contributed by atoms with van der Waals surface area (Å²) in [5.74, 6) is 0.864. The Morgan fingerprint density at radius 3 is 2.56 bits per heavy atom. The quantitative estimate of drug-likeness (QED) is 0.617. The Morgan fingerprint density at radius 2 is 1.81 bits per heavy atom. The van der Waals surface area contributed by atoms with Crippen molar-refractivity contribution in [2.75, 3.05) is 18.5 Å². The average Bonchev–Trinajstić information content (AvgIpc) is 2.81. The van der Waals surface area contributed by atoms with Gasteiger partial charge < -0.3 is 25.4 Å². The molecule has 32 heavy (non-hydrogen) atoms. The number of carbonyl (C=O) groups excluding carboxylic acids is 2. The van der Waals surface area contributed by atoms with Gasteiger partial charge in [-0.1, -0.05) is 44.5 Å². The molecular formula is C24H30ClN3O4. The highest BCUT2D eigenvalue weighted by Gasteiger charge is 2.31. The van der Waals surface area contributed by atoms with E-state index in [1.807, 2.05) is 26.0 Å². The first-order valence-electron chi connectivity index (χ1n) is 10.9. The minimum atomic E-state index is -0.635. The van der Waals surface area contributed by atoms with E-state index in [1.165, 1.54) is 11.1 Å². The number of hydrogen-bond acceptors (Lipinski definition) is 5. The van der Waals surface area contributed by atoms with Crippen molar-refractivity contribution in [2.45, 2.75) is 45.3 Å². The molecule has 4 rings (SSSR count). The summed E-state index contributed by atoms with van der Waals surface area (Å²) in [4.78, 5) is 26.1. The van der Waals surface area contributed by atoms with E-state index in [-0.39, 0.29) is 36.2 Å². The predicted octanol–water partition coefficient (Wildman–Crippen LogP) is 3.06. The number of benzene rings is 2. The molecule has 0 fully saturated rings. The van der Waals surface area contributed by atoms with E-state index >= 15 is 0 Å². The van der Waals surface area contributed by atoms with Crippen molar-refractivity contribution in [2.24, 2.45) is 5.92 Å². The molecule has 7 nitrogen and oxygen atoms in total. The van der Waals surface area contributed by atoms with Crippen LogP contribution in [0.5, 0.6) is 11.5 Å². The van der Waals surface area contributed by atoms with Gasteiger partial charge in [0.2, 0.25) is 11.8 Å². The first kappa shape index (κ1) is 23.9. The third-order valence-corrected chi connectivity index (χ3v) is 6.00. The van der Waals surface area contributed by atoms with Gasteiger partial charge in [-0.25, -0.2) is 0 Å². The zero-order valence-electron chi connectivity index (χ0n) is 18.4. The summed E-state index contributed by atoms with van der Waals surface area (Å²) in [6.45, 7) is 5.62. The molecule has 2 heterocycles. The standard InChI is InChI=1S/C24H29N3O4.ClH/c1-3-15(2)22(24(29)26-18-8-9-20-21(13-18)31-11-10-30-20)27-23(28)19-12-16-6-4-5-7-17(16)14-25-19;/h4-9,13,15,19,22,25H,3,10-12,14H2,1-2H3,(H,26,29)(H,27,28);1H. The molecule has 0 aliphatic carbocycles. The third kappa shape index (κ3) is 5.34. The summed E-state index contributed by atoms with van der Waals surface area (Å²) < 4.78 is 11.1. The number of carbonyl (C=O) groups is 2. The van der Waals surface area contributed by atoms with Crippen molar-refractivity contribution >= 4 is 29.9 Å². The molecule has 0 aromatic heterocycles. The van der Waals surface area contributed by atoms with Gasteiger partial charge in [0.05, 0.1) is 6.04 Å². The van der Waals surface area contributed by atoms with Crippen molar-refractivity contribution in [1.82, 2.24) is 10.6 Å². The van der Waals surface area contributed by atoms with E-state index in [1.54, 1.807) is 18.2 Å². The lowest BCUT2D eigenvalue weighted by Gasteiger charge is -2.29. The number of fused-ring (bicyclic) bond motifs is 2. The van der Waals surface area contributed by atoms with Crippen LogP contribution >= 0.6 is 12.4 Å². The average molecular weight is 460 g/mol. The Labute approximate surface area is 194 Å². The molecule has 0 bridgehead atoms. The van der Waals surface area contributed by atoms with Crippen molar-refractivity contribution in [1.29, 1.82) is 0 Å². The van der Waals surface area contributed by atoms with Gasteiger partial charge >= 0.3 is 0 Å². The molecule has 172 valence electrons. The van der Waals surface area contributed by atoms with Crippen LogP contribution in [-0.2, 0) is 22.6 Å². The number of hydrogen-bond donors (Lipinski definition) is 3. The topological polar surface area (TPSA) is 88.7 Å². The number of halogens is 1. The Kier molecular flexibility index (Phi) is 7.99. The molecule has 2 amide bonds. The van der Waals surface area contributed by atoms with Crippen molar-refractivity contribution in [3.8, 4) is 11.5 Å². The molecule has 3 N–H and O–H groups in total. The largest absolute Gasteiger partial charge is 0.486 e. The van der Waals surface area contributed by atoms with Gasteiger partial charge in [-0.05, 0) is 35.6 Å². The lowest BCUT2D eigenvalue weighted by Crippen LogP contribution is -2.55. The maximum Gasteiger partial charge on any atom is 0.247 e. The summed E-state index contributed by atoms with van der Waals surface area (Å²) in [5.41, 5.74) is 2.99. The van der Waals surface area contributed by atoms with Gasteiger partial charge in [0.1, 0.15) is 19.3 Å². The van der Waals surface area contributed by atoms with Crippen LogP contribution in [0.25, 0.3) is 0 Å². The molecular weight excluding hydrogens is 430 g/mol. The van der Waals surface area contributed by atoms with Gasteiger partial charge in [0.15, 0.2) is 11.5 Å². The molecule has 0 radical (unpaired) electrons. The number of anilines is 1. The first-order chi connectivity index (χ1) is 15.0. The van der Waals surface area contributed by atoms with Gasteiger partial charge in [-0.15, -0.1) is 12.4 Å². The zero-order valence-corrected chi connectivity index (χ0v) is 19.2. The lowest BCUT2D eigenvalue weighted by molar-refractivity contribution is -0.129. The number of amides is 2. The Hall–Kier alpha value is -2.77. The summed E-state index contributed by atoms with van der Waals surface area (Å²) >= 11 is 0. The number of nitrogens with one attached hydrogen (secondary N) is 3. The van der Waals surface area contributed by atoms with Crippen molar-refractivity contribution in [3.63, 3.8) is 0 Å². The van der Waals surface area contributed by atoms with Crippen LogP contribution in [0.2, 0.25) is 0 Å². The highest BCUT2D eigenvalue weighted by atomic mass is 35.5. The normalized spacial score (nSPS) is 18.4. The highest BCUT2D eigenvalue weighted by Crippen LogP contribution is 2.32. The second-order valence-corrected chi connectivity index (χ2v) is 8.13. The second-order valence-electron chi connectivity index (χ2n) is 8.13. The highest BCUT2D eigenvalue weighted by molar-refractivity contribution is 5.98. The van der Waals surface area contributed by atoms with Gasteiger partial charge in [0.25, 0.3) is 0 Å². The second kappa shape index (κ2) is 10.7. The minimum Gasteiger partial charge on any atom is -0.486 e. The summed E-state index contributed by atoms with van der Waals surface area (Å²) in [7, 11) is 0. The minimum absolute atomic E-state index is 0. The Bertz CT molecular complexity index is 968. The van der Waals surface area contributed by atoms with E-state index < -0.39 is 6.04 Å². The molecule has 2 aromatic rings. The van der Waals surface area contributed by atoms with Crippen LogP contribution in [0.4, 0.5) is 5.69 Å². The molecule has 0 saturated heterocycles. The molecule has 3 unspecified atom stereocenters. The predicted molar refractivity (Wildman–Crippen MR) is 125 cm³/mol. The van der Waals surface area contributed by atoms with E-state index in [0.29, 0.717) is 43.4 Å². The molecule has 2 aliphatic heterocycles. The molecule has 0 saturated carbocycles. The fourth-order valence-electron chi connectivity index (χ4n) is 3.94. The lowest BCUT2D eigenvalue weighted by atomic mass is 9.94. The Morgan fingerprint density at radius 1 is 1.09 bits per heavy atom. The fraction of sp³-hybridized carbons (Fsp3) is 0.417. The van der Waals surface area contributed by atoms with Gasteiger partial charge in [-0.2, -0.15) is 0 Å². The molecule has 2 aliphatic rings. The van der Waals surface area contributed by atoms with Gasteiger partial charge in [-0.3, -0.25) is 9.59 Å². The zero-order chi connectivity index (χ0) is 21.8. The molecule has 8 heteroatoms. The number of rotatable bonds is 6.